The molecule has 3 aromatic rings. The average molecular weight is 334 g/mol. The molecule has 0 unspecified atom stereocenters. The summed E-state index contributed by atoms with van der Waals surface area (Å²) in [5.74, 6) is -0.316. The lowest BCUT2D eigenvalue weighted by atomic mass is 10.2. The highest BCUT2D eigenvalue weighted by Crippen LogP contribution is 2.16. The van der Waals surface area contributed by atoms with Gasteiger partial charge < -0.3 is 5.32 Å². The minimum absolute atomic E-state index is 0.256. The Hall–Kier alpha value is -2.67. The molecule has 2 heterocycles. The third-order valence-electron chi connectivity index (χ3n) is 3.23. The quantitative estimate of drug-likeness (QED) is 0.798. The first kappa shape index (κ1) is 15.2. The van der Waals surface area contributed by atoms with Crippen LogP contribution < -0.4 is 5.32 Å². The summed E-state index contributed by atoms with van der Waals surface area (Å²) in [6, 6.07) is 7.92. The van der Waals surface area contributed by atoms with Crippen LogP contribution in [0.5, 0.6) is 0 Å². The van der Waals surface area contributed by atoms with Crippen LogP contribution in [0.3, 0.4) is 0 Å². The van der Waals surface area contributed by atoms with Crippen LogP contribution in [0, 0.1) is 5.82 Å². The lowest BCUT2D eigenvalue weighted by Gasteiger charge is -2.04. The van der Waals surface area contributed by atoms with Gasteiger partial charge in [0, 0.05) is 19.3 Å². The summed E-state index contributed by atoms with van der Waals surface area (Å²) in [5.41, 5.74) is 1.03. The van der Waals surface area contributed by atoms with Crippen LogP contribution >= 0.6 is 11.6 Å². The molecule has 2 aromatic heterocycles. The number of carbonyl (C=O) groups is 1. The van der Waals surface area contributed by atoms with Gasteiger partial charge in [0.2, 0.25) is 0 Å². The molecule has 3 rings (SSSR count). The molecule has 1 amide bonds. The van der Waals surface area contributed by atoms with Crippen LogP contribution in [0.2, 0.25) is 5.02 Å². The van der Waals surface area contributed by atoms with Crippen molar-refractivity contribution in [2.75, 3.05) is 5.32 Å². The Morgan fingerprint density at radius 2 is 2.22 bits per heavy atom. The van der Waals surface area contributed by atoms with Gasteiger partial charge in [-0.05, 0) is 17.7 Å². The van der Waals surface area contributed by atoms with Crippen LogP contribution in [-0.4, -0.2) is 25.5 Å². The average Bonchev–Trinajstić information content (AvgIpc) is 3.06. The van der Waals surface area contributed by atoms with Crippen molar-refractivity contribution >= 4 is 23.3 Å². The highest BCUT2D eigenvalue weighted by Gasteiger charge is 2.16. The number of nitrogens with zero attached hydrogens (tertiary/aromatic N) is 4. The number of nitrogens with one attached hydrogen (secondary N) is 1. The minimum Gasteiger partial charge on any atom is -0.304 e. The van der Waals surface area contributed by atoms with Gasteiger partial charge in [0.05, 0.1) is 17.8 Å². The zero-order valence-corrected chi connectivity index (χ0v) is 13.0. The van der Waals surface area contributed by atoms with Gasteiger partial charge in [0.25, 0.3) is 5.91 Å². The molecular formula is C15H13ClFN5O. The number of aromatic nitrogens is 4. The van der Waals surface area contributed by atoms with E-state index in [0.29, 0.717) is 12.4 Å². The first-order chi connectivity index (χ1) is 11.0. The highest BCUT2D eigenvalue weighted by atomic mass is 35.5. The largest absolute Gasteiger partial charge is 0.304 e. The molecule has 118 valence electrons. The second kappa shape index (κ2) is 6.21. The topological polar surface area (TPSA) is 64.7 Å². The number of halogens is 2. The Bertz CT molecular complexity index is 838. The summed E-state index contributed by atoms with van der Waals surface area (Å²) in [5, 5.41) is 11.1. The molecule has 0 radical (unpaired) electrons. The maximum atomic E-state index is 13.2. The Morgan fingerprint density at radius 1 is 1.39 bits per heavy atom. The van der Waals surface area contributed by atoms with Gasteiger partial charge >= 0.3 is 0 Å². The minimum atomic E-state index is -0.397. The van der Waals surface area contributed by atoms with Crippen molar-refractivity contribution in [3.8, 4) is 0 Å². The van der Waals surface area contributed by atoms with Crippen molar-refractivity contribution < 1.29 is 9.18 Å². The van der Waals surface area contributed by atoms with E-state index in [1.165, 1.54) is 23.0 Å². The monoisotopic (exact) mass is 333 g/mol. The SMILES string of the molecule is Cn1ncc(Cl)c1C(=O)Nc1ccn(Cc2cccc(F)c2)n1. The maximum Gasteiger partial charge on any atom is 0.276 e. The standard InChI is InChI=1S/C15H13ClFN5O/c1-21-14(12(16)8-18-21)15(23)19-13-5-6-22(20-13)9-10-3-2-4-11(17)7-10/h2-8H,9H2,1H3,(H,19,20,23). The predicted octanol–water partition coefficient (Wildman–Crippen LogP) is 2.71. The van der Waals surface area contributed by atoms with E-state index in [9.17, 15) is 9.18 Å². The zero-order chi connectivity index (χ0) is 16.4. The second-order valence-electron chi connectivity index (χ2n) is 4.95. The Balaban J connectivity index is 1.71. The first-order valence-electron chi connectivity index (χ1n) is 6.79. The smallest absolute Gasteiger partial charge is 0.276 e. The summed E-state index contributed by atoms with van der Waals surface area (Å²) in [7, 11) is 1.63. The Kier molecular flexibility index (Phi) is 4.12. The fourth-order valence-electron chi connectivity index (χ4n) is 2.18. The predicted molar refractivity (Wildman–Crippen MR) is 83.9 cm³/mol. The number of amides is 1. The molecule has 23 heavy (non-hydrogen) atoms. The van der Waals surface area contributed by atoms with E-state index in [-0.39, 0.29) is 16.5 Å². The summed E-state index contributed by atoms with van der Waals surface area (Å²) in [6.07, 6.45) is 3.10. The summed E-state index contributed by atoms with van der Waals surface area (Å²) in [4.78, 5) is 12.2. The van der Waals surface area contributed by atoms with Crippen molar-refractivity contribution in [1.29, 1.82) is 0 Å². The Morgan fingerprint density at radius 3 is 2.91 bits per heavy atom. The molecule has 0 saturated heterocycles. The number of rotatable bonds is 4. The third kappa shape index (κ3) is 3.40. The molecular weight excluding hydrogens is 321 g/mol. The number of hydrogen-bond donors (Lipinski definition) is 1. The molecule has 0 saturated carbocycles. The van der Waals surface area contributed by atoms with E-state index in [1.807, 2.05) is 0 Å². The van der Waals surface area contributed by atoms with Gasteiger partial charge in [-0.2, -0.15) is 10.2 Å². The number of benzene rings is 1. The summed E-state index contributed by atoms with van der Waals surface area (Å²) in [6.45, 7) is 0.403. The van der Waals surface area contributed by atoms with E-state index in [2.05, 4.69) is 15.5 Å². The molecule has 0 aliphatic carbocycles. The number of anilines is 1. The lowest BCUT2D eigenvalue weighted by molar-refractivity contribution is 0.101. The van der Waals surface area contributed by atoms with Gasteiger partial charge in [0.15, 0.2) is 5.82 Å². The first-order valence-corrected chi connectivity index (χ1v) is 7.17. The van der Waals surface area contributed by atoms with Gasteiger partial charge in [-0.25, -0.2) is 4.39 Å². The van der Waals surface area contributed by atoms with Crippen molar-refractivity contribution in [3.63, 3.8) is 0 Å². The molecule has 0 spiro atoms. The van der Waals surface area contributed by atoms with Gasteiger partial charge in [-0.1, -0.05) is 23.7 Å². The molecule has 0 fully saturated rings. The summed E-state index contributed by atoms with van der Waals surface area (Å²) < 4.78 is 16.2. The maximum absolute atomic E-state index is 13.2. The molecule has 0 atom stereocenters. The lowest BCUT2D eigenvalue weighted by Crippen LogP contribution is -2.17. The van der Waals surface area contributed by atoms with Crippen LogP contribution in [-0.2, 0) is 13.6 Å². The molecule has 0 aliphatic rings. The van der Waals surface area contributed by atoms with E-state index >= 15 is 0 Å². The van der Waals surface area contributed by atoms with Crippen molar-refractivity contribution in [2.45, 2.75) is 6.54 Å². The van der Waals surface area contributed by atoms with E-state index in [0.717, 1.165) is 5.56 Å². The number of aryl methyl sites for hydroxylation is 1. The van der Waals surface area contributed by atoms with Crippen LogP contribution in [0.15, 0.2) is 42.7 Å². The molecule has 1 aromatic carbocycles. The Labute approximate surface area is 136 Å². The van der Waals surface area contributed by atoms with Gasteiger partial charge in [-0.3, -0.25) is 14.2 Å². The highest BCUT2D eigenvalue weighted by molar-refractivity contribution is 6.34. The van der Waals surface area contributed by atoms with E-state index < -0.39 is 5.91 Å². The van der Waals surface area contributed by atoms with Gasteiger partial charge in [0.1, 0.15) is 11.5 Å². The van der Waals surface area contributed by atoms with E-state index in [1.54, 1.807) is 36.1 Å². The van der Waals surface area contributed by atoms with E-state index in [4.69, 9.17) is 11.6 Å². The van der Waals surface area contributed by atoms with Crippen LogP contribution in [0.4, 0.5) is 10.2 Å². The molecule has 0 bridgehead atoms. The molecule has 1 N–H and O–H groups in total. The number of hydrogen-bond acceptors (Lipinski definition) is 3. The van der Waals surface area contributed by atoms with Crippen LogP contribution in [0.1, 0.15) is 16.1 Å². The third-order valence-corrected chi connectivity index (χ3v) is 3.50. The van der Waals surface area contributed by atoms with Crippen molar-refractivity contribution in [1.82, 2.24) is 19.6 Å². The molecule has 0 aliphatic heterocycles. The fourth-order valence-corrected chi connectivity index (χ4v) is 2.43. The van der Waals surface area contributed by atoms with Crippen molar-refractivity contribution in [3.05, 3.63) is 64.8 Å². The molecule has 8 heteroatoms. The second-order valence-corrected chi connectivity index (χ2v) is 5.35. The normalized spacial score (nSPS) is 10.7. The zero-order valence-electron chi connectivity index (χ0n) is 12.2. The number of carbonyl (C=O) groups excluding carboxylic acids is 1. The van der Waals surface area contributed by atoms with Crippen LogP contribution in [0.25, 0.3) is 0 Å². The van der Waals surface area contributed by atoms with Gasteiger partial charge in [-0.15, -0.1) is 0 Å². The summed E-state index contributed by atoms with van der Waals surface area (Å²) >= 11 is 5.93. The molecule has 6 nitrogen and oxygen atoms in total. The fraction of sp³-hybridized carbons (Fsp3) is 0.133. The van der Waals surface area contributed by atoms with Crippen molar-refractivity contribution in [2.24, 2.45) is 7.05 Å².